The number of aromatic carboxylic acids is 1. The van der Waals surface area contributed by atoms with E-state index in [1.807, 2.05) is 0 Å². The largest absolute Gasteiger partial charge is 0.476 e. The van der Waals surface area contributed by atoms with Crippen molar-refractivity contribution in [3.05, 3.63) is 39.8 Å². The van der Waals surface area contributed by atoms with Gasteiger partial charge in [-0.3, -0.25) is 10.1 Å². The molecule has 2 heterocycles. The van der Waals surface area contributed by atoms with E-state index in [0.29, 0.717) is 18.7 Å². The zero-order valence-electron chi connectivity index (χ0n) is 11.1. The van der Waals surface area contributed by atoms with Crippen LogP contribution in [0.5, 0.6) is 0 Å². The summed E-state index contributed by atoms with van der Waals surface area (Å²) in [5.41, 5.74) is 0.267. The number of carboxylic acids is 1. The third-order valence-corrected chi connectivity index (χ3v) is 2.70. The van der Waals surface area contributed by atoms with Gasteiger partial charge in [-0.15, -0.1) is 5.10 Å². The monoisotopic (exact) mass is 292 g/mol. The predicted molar refractivity (Wildman–Crippen MR) is 71.1 cm³/mol. The van der Waals surface area contributed by atoms with Crippen molar-refractivity contribution in [2.24, 2.45) is 0 Å². The molecule has 0 amide bonds. The van der Waals surface area contributed by atoms with Gasteiger partial charge < -0.3 is 10.4 Å². The summed E-state index contributed by atoms with van der Waals surface area (Å²) in [6.45, 7) is 2.22. The van der Waals surface area contributed by atoms with Gasteiger partial charge in [-0.05, 0) is 13.0 Å². The fourth-order valence-electron chi connectivity index (χ4n) is 1.70. The molecule has 110 valence electrons. The van der Waals surface area contributed by atoms with Crippen LogP contribution in [0.3, 0.4) is 0 Å². The van der Waals surface area contributed by atoms with Crippen LogP contribution in [0.1, 0.15) is 16.1 Å². The third-order valence-electron chi connectivity index (χ3n) is 2.70. The van der Waals surface area contributed by atoms with Crippen molar-refractivity contribution in [1.29, 1.82) is 0 Å². The maximum absolute atomic E-state index is 11.0. The Bertz CT molecular complexity index is 683. The summed E-state index contributed by atoms with van der Waals surface area (Å²) in [5.74, 6) is -0.997. The number of carbonyl (C=O) groups is 1. The molecule has 0 bridgehead atoms. The molecule has 2 N–H and O–H groups in total. The maximum atomic E-state index is 11.0. The van der Waals surface area contributed by atoms with Crippen LogP contribution in [0.15, 0.2) is 18.5 Å². The van der Waals surface area contributed by atoms with Gasteiger partial charge in [0.1, 0.15) is 0 Å². The van der Waals surface area contributed by atoms with Gasteiger partial charge >= 0.3 is 11.7 Å². The Morgan fingerprint density at radius 1 is 1.57 bits per heavy atom. The molecule has 10 heteroatoms. The smallest absolute Gasteiger partial charge is 0.358 e. The maximum Gasteiger partial charge on any atom is 0.358 e. The second kappa shape index (κ2) is 5.94. The Balaban J connectivity index is 2.02. The van der Waals surface area contributed by atoms with Crippen molar-refractivity contribution in [1.82, 2.24) is 20.0 Å². The van der Waals surface area contributed by atoms with Crippen molar-refractivity contribution in [3.8, 4) is 0 Å². The number of pyridine rings is 1. The van der Waals surface area contributed by atoms with Gasteiger partial charge in [0.05, 0.1) is 17.7 Å². The van der Waals surface area contributed by atoms with Crippen LogP contribution in [0.4, 0.5) is 11.5 Å². The van der Waals surface area contributed by atoms with Crippen LogP contribution in [0, 0.1) is 17.0 Å². The first-order valence-corrected chi connectivity index (χ1v) is 5.96. The van der Waals surface area contributed by atoms with Gasteiger partial charge in [-0.2, -0.15) is 0 Å². The standard InChI is InChI=1S/C11H12N6O4/c1-7-2-3-12-10(9(7)17(20)21)13-4-5-16-6-8(11(18)19)14-15-16/h2-3,6H,4-5H2,1H3,(H,12,13)(H,18,19). The molecular formula is C11H12N6O4. The number of rotatable bonds is 6. The van der Waals surface area contributed by atoms with Crippen LogP contribution >= 0.6 is 0 Å². The zero-order valence-corrected chi connectivity index (χ0v) is 11.1. The molecule has 0 unspecified atom stereocenters. The molecule has 0 spiro atoms. The molecule has 0 atom stereocenters. The van der Waals surface area contributed by atoms with Gasteiger partial charge in [0.15, 0.2) is 5.69 Å². The molecule has 0 aliphatic heterocycles. The molecule has 0 saturated heterocycles. The summed E-state index contributed by atoms with van der Waals surface area (Å²) in [6.07, 6.45) is 2.75. The Hall–Kier alpha value is -3.04. The molecule has 0 fully saturated rings. The van der Waals surface area contributed by atoms with E-state index in [1.165, 1.54) is 17.1 Å². The molecule has 2 rings (SSSR count). The number of carboxylic acid groups (broad SMARTS) is 1. The second-order valence-electron chi connectivity index (χ2n) is 4.18. The average Bonchev–Trinajstić information content (AvgIpc) is 2.87. The molecule has 0 radical (unpaired) electrons. The Kier molecular flexibility index (Phi) is 4.07. The summed E-state index contributed by atoms with van der Waals surface area (Å²) in [6, 6.07) is 1.56. The van der Waals surface area contributed by atoms with E-state index in [4.69, 9.17) is 5.11 Å². The number of hydrogen-bond acceptors (Lipinski definition) is 7. The lowest BCUT2D eigenvalue weighted by atomic mass is 10.2. The number of nitrogens with zero attached hydrogens (tertiary/aromatic N) is 5. The van der Waals surface area contributed by atoms with Gasteiger partial charge in [0, 0.05) is 18.3 Å². The fraction of sp³-hybridized carbons (Fsp3) is 0.273. The van der Waals surface area contributed by atoms with E-state index in [9.17, 15) is 14.9 Å². The SMILES string of the molecule is Cc1ccnc(NCCn2cc(C(=O)O)nn2)c1[N+](=O)[O-]. The highest BCUT2D eigenvalue weighted by molar-refractivity contribution is 5.84. The molecule has 0 aromatic carbocycles. The normalized spacial score (nSPS) is 10.3. The second-order valence-corrected chi connectivity index (χ2v) is 4.18. The zero-order chi connectivity index (χ0) is 15.4. The summed E-state index contributed by atoms with van der Waals surface area (Å²) in [7, 11) is 0. The van der Waals surface area contributed by atoms with E-state index in [1.54, 1.807) is 13.0 Å². The van der Waals surface area contributed by atoms with E-state index < -0.39 is 10.9 Å². The van der Waals surface area contributed by atoms with Crippen LogP contribution in [0.25, 0.3) is 0 Å². The van der Waals surface area contributed by atoms with E-state index in [0.717, 1.165) is 0 Å². The predicted octanol–water partition coefficient (Wildman–Crippen LogP) is 0.700. The van der Waals surface area contributed by atoms with Gasteiger partial charge in [-0.25, -0.2) is 14.5 Å². The van der Waals surface area contributed by atoms with E-state index >= 15 is 0 Å². The first-order valence-electron chi connectivity index (χ1n) is 5.96. The highest BCUT2D eigenvalue weighted by Crippen LogP contribution is 2.25. The molecule has 0 aliphatic carbocycles. The van der Waals surface area contributed by atoms with Crippen LogP contribution in [-0.2, 0) is 6.54 Å². The third kappa shape index (κ3) is 3.29. The first-order chi connectivity index (χ1) is 9.99. The van der Waals surface area contributed by atoms with Crippen LogP contribution in [0.2, 0.25) is 0 Å². The minimum absolute atomic E-state index is 0.0812. The van der Waals surface area contributed by atoms with Gasteiger partial charge in [0.25, 0.3) is 0 Å². The van der Waals surface area contributed by atoms with Crippen molar-refractivity contribution in [2.45, 2.75) is 13.5 Å². The lowest BCUT2D eigenvalue weighted by Crippen LogP contribution is -2.13. The number of aryl methyl sites for hydroxylation is 1. The molecule has 21 heavy (non-hydrogen) atoms. The molecule has 2 aromatic heterocycles. The van der Waals surface area contributed by atoms with Crippen LogP contribution in [-0.4, -0.2) is 42.5 Å². The summed E-state index contributed by atoms with van der Waals surface area (Å²) in [4.78, 5) is 25.1. The van der Waals surface area contributed by atoms with Crippen LogP contribution < -0.4 is 5.32 Å². The minimum Gasteiger partial charge on any atom is -0.476 e. The van der Waals surface area contributed by atoms with Gasteiger partial charge in [0.2, 0.25) is 5.82 Å². The highest BCUT2D eigenvalue weighted by atomic mass is 16.6. The molecule has 10 nitrogen and oxygen atoms in total. The molecule has 0 saturated carbocycles. The summed E-state index contributed by atoms with van der Waals surface area (Å²) < 4.78 is 1.33. The van der Waals surface area contributed by atoms with Crippen molar-refractivity contribution < 1.29 is 14.8 Å². The van der Waals surface area contributed by atoms with E-state index in [2.05, 4.69) is 20.6 Å². The Labute approximate surface area is 118 Å². The van der Waals surface area contributed by atoms with Crippen molar-refractivity contribution in [3.63, 3.8) is 0 Å². The summed E-state index contributed by atoms with van der Waals surface area (Å²) in [5, 5.41) is 29.6. The lowest BCUT2D eigenvalue weighted by Gasteiger charge is -2.07. The van der Waals surface area contributed by atoms with Crippen molar-refractivity contribution in [2.75, 3.05) is 11.9 Å². The molecule has 2 aromatic rings. The number of nitrogens with one attached hydrogen (secondary N) is 1. The number of anilines is 1. The van der Waals surface area contributed by atoms with E-state index in [-0.39, 0.29) is 17.2 Å². The molecular weight excluding hydrogens is 280 g/mol. The Morgan fingerprint density at radius 2 is 2.33 bits per heavy atom. The first kappa shape index (κ1) is 14.4. The van der Waals surface area contributed by atoms with Gasteiger partial charge in [-0.1, -0.05) is 5.21 Å². The molecule has 0 aliphatic rings. The quantitative estimate of drug-likeness (QED) is 0.586. The number of aromatic nitrogens is 4. The minimum atomic E-state index is -1.16. The number of hydrogen-bond donors (Lipinski definition) is 2. The Morgan fingerprint density at radius 3 is 2.95 bits per heavy atom. The number of nitro groups is 1. The summed E-state index contributed by atoms with van der Waals surface area (Å²) >= 11 is 0. The fourth-order valence-corrected chi connectivity index (χ4v) is 1.70. The highest BCUT2D eigenvalue weighted by Gasteiger charge is 2.18. The average molecular weight is 292 g/mol. The topological polar surface area (TPSA) is 136 Å². The van der Waals surface area contributed by atoms with Crippen molar-refractivity contribution >= 4 is 17.5 Å². The lowest BCUT2D eigenvalue weighted by molar-refractivity contribution is -0.384.